The molecule has 0 radical (unpaired) electrons. The van der Waals surface area contributed by atoms with Crippen LogP contribution in [0.5, 0.6) is 0 Å². The highest BCUT2D eigenvalue weighted by Crippen LogP contribution is 2.09. The van der Waals surface area contributed by atoms with Crippen molar-refractivity contribution in [2.45, 2.75) is 13.3 Å². The number of nitrogens with zero attached hydrogens (tertiary/aromatic N) is 5. The fraction of sp³-hybridized carbons (Fsp3) is 0.250. The van der Waals surface area contributed by atoms with Crippen molar-refractivity contribution < 1.29 is 9.32 Å². The monoisotopic (exact) mass is 356 g/mol. The lowest BCUT2D eigenvalue weighted by Gasteiger charge is -2.07. The summed E-state index contributed by atoms with van der Waals surface area (Å²) >= 11 is 0. The van der Waals surface area contributed by atoms with E-state index in [1.165, 1.54) is 7.05 Å². The summed E-state index contributed by atoms with van der Waals surface area (Å²) in [5.74, 6) is -0.995. The standard InChI is InChI=1S/C16H16N6O4/c1-3-9-17-13(23)14-18-12(20-26-14)11-15(24)21(2)16(25)22(19-11)10-7-5-4-6-8-10/h4-8H,3,9H2,1-2H3,(H,17,23). The highest BCUT2D eigenvalue weighted by molar-refractivity contribution is 5.89. The van der Waals surface area contributed by atoms with Crippen LogP contribution in [0.1, 0.15) is 24.0 Å². The van der Waals surface area contributed by atoms with Gasteiger partial charge in [0.2, 0.25) is 5.82 Å². The van der Waals surface area contributed by atoms with E-state index in [1.807, 2.05) is 6.92 Å². The SMILES string of the molecule is CCCNC(=O)c1nc(-c2nn(-c3ccccc3)c(=O)n(C)c2=O)no1. The number of nitrogens with one attached hydrogen (secondary N) is 1. The zero-order chi connectivity index (χ0) is 18.7. The molecule has 0 spiro atoms. The number of hydrogen-bond acceptors (Lipinski definition) is 7. The lowest BCUT2D eigenvalue weighted by atomic mass is 10.3. The second-order valence-corrected chi connectivity index (χ2v) is 5.42. The maximum atomic E-state index is 12.4. The molecule has 3 aromatic rings. The van der Waals surface area contributed by atoms with Crippen LogP contribution in [0.15, 0.2) is 44.4 Å². The number of hydrogen-bond donors (Lipinski definition) is 1. The van der Waals surface area contributed by atoms with E-state index in [2.05, 4.69) is 20.6 Å². The molecule has 0 bridgehead atoms. The fourth-order valence-corrected chi connectivity index (χ4v) is 2.18. The molecule has 0 saturated heterocycles. The summed E-state index contributed by atoms with van der Waals surface area (Å²) in [5.41, 5.74) is -1.04. The van der Waals surface area contributed by atoms with Crippen LogP contribution >= 0.6 is 0 Å². The summed E-state index contributed by atoms with van der Waals surface area (Å²) in [7, 11) is 1.32. The van der Waals surface area contributed by atoms with E-state index in [4.69, 9.17) is 4.52 Å². The van der Waals surface area contributed by atoms with Gasteiger partial charge in [0.15, 0.2) is 5.69 Å². The van der Waals surface area contributed by atoms with Crippen LogP contribution in [-0.2, 0) is 7.05 Å². The van der Waals surface area contributed by atoms with Crippen molar-refractivity contribution in [2.75, 3.05) is 6.54 Å². The van der Waals surface area contributed by atoms with Crippen LogP contribution in [0.4, 0.5) is 0 Å². The minimum atomic E-state index is -0.691. The summed E-state index contributed by atoms with van der Waals surface area (Å²) in [6, 6.07) is 8.60. The molecule has 2 aromatic heterocycles. The largest absolute Gasteiger partial charge is 0.351 e. The van der Waals surface area contributed by atoms with Crippen LogP contribution in [0.25, 0.3) is 17.2 Å². The Morgan fingerprint density at radius 1 is 1.23 bits per heavy atom. The van der Waals surface area contributed by atoms with E-state index in [-0.39, 0.29) is 17.4 Å². The first kappa shape index (κ1) is 17.3. The minimum absolute atomic E-state index is 0.170. The smallest absolute Gasteiger partial charge is 0.348 e. The Morgan fingerprint density at radius 2 is 1.96 bits per heavy atom. The molecule has 1 amide bonds. The van der Waals surface area contributed by atoms with Crippen molar-refractivity contribution in [3.63, 3.8) is 0 Å². The maximum absolute atomic E-state index is 12.4. The predicted octanol–water partition coefficient (Wildman–Crippen LogP) is 0.121. The highest BCUT2D eigenvalue weighted by atomic mass is 16.5. The number of benzene rings is 1. The Morgan fingerprint density at radius 3 is 2.65 bits per heavy atom. The molecular weight excluding hydrogens is 340 g/mol. The maximum Gasteiger partial charge on any atom is 0.351 e. The van der Waals surface area contributed by atoms with Crippen LogP contribution in [0.2, 0.25) is 0 Å². The van der Waals surface area contributed by atoms with Gasteiger partial charge in [0.1, 0.15) is 0 Å². The Bertz CT molecular complexity index is 1050. The topological polar surface area (TPSA) is 125 Å². The Balaban J connectivity index is 2.08. The van der Waals surface area contributed by atoms with Gasteiger partial charge in [0, 0.05) is 13.6 Å². The highest BCUT2D eigenvalue weighted by Gasteiger charge is 2.21. The first-order valence-electron chi connectivity index (χ1n) is 7.91. The van der Waals surface area contributed by atoms with Gasteiger partial charge in [0.25, 0.3) is 5.56 Å². The molecule has 10 heteroatoms. The molecule has 1 N–H and O–H groups in total. The number of carbonyl (C=O) groups excluding carboxylic acids is 1. The first-order chi connectivity index (χ1) is 12.5. The van der Waals surface area contributed by atoms with Gasteiger partial charge in [-0.2, -0.15) is 14.8 Å². The number of amides is 1. The Kier molecular flexibility index (Phi) is 4.74. The summed E-state index contributed by atoms with van der Waals surface area (Å²) in [4.78, 5) is 40.5. The lowest BCUT2D eigenvalue weighted by Crippen LogP contribution is -2.40. The molecule has 3 rings (SSSR count). The third kappa shape index (κ3) is 3.16. The summed E-state index contributed by atoms with van der Waals surface area (Å²) in [6.45, 7) is 2.36. The number of para-hydroxylation sites is 1. The van der Waals surface area contributed by atoms with Gasteiger partial charge in [-0.25, -0.2) is 4.79 Å². The third-order valence-electron chi connectivity index (χ3n) is 3.54. The van der Waals surface area contributed by atoms with E-state index < -0.39 is 17.2 Å². The minimum Gasteiger partial charge on any atom is -0.348 e. The number of aromatic nitrogens is 5. The molecule has 0 saturated carbocycles. The average molecular weight is 356 g/mol. The molecule has 0 fully saturated rings. The fourth-order valence-electron chi connectivity index (χ4n) is 2.18. The Hall–Kier alpha value is -3.56. The second-order valence-electron chi connectivity index (χ2n) is 5.42. The van der Waals surface area contributed by atoms with Gasteiger partial charge in [-0.15, -0.1) is 0 Å². The van der Waals surface area contributed by atoms with Gasteiger partial charge in [-0.05, 0) is 18.6 Å². The van der Waals surface area contributed by atoms with Crippen molar-refractivity contribution in [2.24, 2.45) is 7.05 Å². The molecule has 26 heavy (non-hydrogen) atoms. The van der Waals surface area contributed by atoms with Crippen LogP contribution < -0.4 is 16.6 Å². The van der Waals surface area contributed by atoms with Gasteiger partial charge in [-0.3, -0.25) is 14.2 Å². The summed E-state index contributed by atoms with van der Waals surface area (Å²) < 4.78 is 6.85. The van der Waals surface area contributed by atoms with E-state index in [9.17, 15) is 14.4 Å². The third-order valence-corrected chi connectivity index (χ3v) is 3.54. The van der Waals surface area contributed by atoms with Crippen molar-refractivity contribution in [3.8, 4) is 17.2 Å². The van der Waals surface area contributed by atoms with Crippen molar-refractivity contribution in [1.29, 1.82) is 0 Å². The molecular formula is C16H16N6O4. The summed E-state index contributed by atoms with van der Waals surface area (Å²) in [5, 5.41) is 10.3. The molecule has 0 unspecified atom stereocenters. The zero-order valence-electron chi connectivity index (χ0n) is 14.2. The van der Waals surface area contributed by atoms with Crippen molar-refractivity contribution in [3.05, 3.63) is 57.1 Å². The van der Waals surface area contributed by atoms with Gasteiger partial charge < -0.3 is 9.84 Å². The molecule has 1 aromatic carbocycles. The van der Waals surface area contributed by atoms with Crippen LogP contribution in [0, 0.1) is 0 Å². The normalized spacial score (nSPS) is 10.7. The van der Waals surface area contributed by atoms with Crippen molar-refractivity contribution in [1.82, 2.24) is 29.8 Å². The predicted molar refractivity (Wildman–Crippen MR) is 91.0 cm³/mol. The molecule has 0 atom stereocenters. The van der Waals surface area contributed by atoms with E-state index in [1.54, 1.807) is 30.3 Å². The van der Waals surface area contributed by atoms with Gasteiger partial charge in [-0.1, -0.05) is 30.3 Å². The quantitative estimate of drug-likeness (QED) is 0.688. The van der Waals surface area contributed by atoms with Gasteiger partial charge >= 0.3 is 17.5 Å². The molecule has 0 aliphatic rings. The molecule has 0 aliphatic heterocycles. The summed E-state index contributed by atoms with van der Waals surface area (Å²) in [6.07, 6.45) is 0.747. The average Bonchev–Trinajstić information content (AvgIpc) is 3.15. The van der Waals surface area contributed by atoms with E-state index >= 15 is 0 Å². The molecule has 10 nitrogen and oxygen atoms in total. The Labute approximate surface area is 147 Å². The number of rotatable bonds is 5. The second kappa shape index (κ2) is 7.13. The zero-order valence-corrected chi connectivity index (χ0v) is 14.2. The van der Waals surface area contributed by atoms with E-state index in [0.717, 1.165) is 15.7 Å². The molecule has 2 heterocycles. The van der Waals surface area contributed by atoms with E-state index in [0.29, 0.717) is 12.2 Å². The van der Waals surface area contributed by atoms with Crippen molar-refractivity contribution >= 4 is 5.91 Å². The first-order valence-corrected chi connectivity index (χ1v) is 7.91. The van der Waals surface area contributed by atoms with Gasteiger partial charge in [0.05, 0.1) is 5.69 Å². The molecule has 0 aliphatic carbocycles. The lowest BCUT2D eigenvalue weighted by molar-refractivity contribution is 0.0910. The van der Waals surface area contributed by atoms with Crippen LogP contribution in [-0.4, -0.2) is 36.9 Å². The molecule has 134 valence electrons. The van der Waals surface area contributed by atoms with Crippen LogP contribution in [0.3, 0.4) is 0 Å². The number of carbonyl (C=O) groups is 1.